The lowest BCUT2D eigenvalue weighted by atomic mass is 10.1. The van der Waals surface area contributed by atoms with E-state index in [4.69, 9.17) is 10.5 Å². The van der Waals surface area contributed by atoms with Crippen LogP contribution in [-0.4, -0.2) is 26.0 Å². The summed E-state index contributed by atoms with van der Waals surface area (Å²) < 4.78 is 6.16. The van der Waals surface area contributed by atoms with Crippen molar-refractivity contribution in [3.63, 3.8) is 0 Å². The van der Waals surface area contributed by atoms with Crippen molar-refractivity contribution in [1.82, 2.24) is 0 Å². The second-order valence-corrected chi connectivity index (χ2v) is 5.27. The van der Waals surface area contributed by atoms with Gasteiger partial charge in [0.2, 0.25) is 0 Å². The summed E-state index contributed by atoms with van der Waals surface area (Å²) in [6.07, 6.45) is 0. The van der Waals surface area contributed by atoms with E-state index in [-0.39, 0.29) is 0 Å². The Morgan fingerprint density at radius 2 is 2.20 bits per heavy atom. The fourth-order valence-electron chi connectivity index (χ4n) is 1.29. The third-order valence-corrected chi connectivity index (χ3v) is 4.05. The molecule has 1 atom stereocenters. The SMILES string of the molecule is COCCSC(CN)c1ccccc1Br. The van der Waals surface area contributed by atoms with Gasteiger partial charge in [-0.15, -0.1) is 0 Å². The Kier molecular flexibility index (Phi) is 6.32. The molecule has 1 rings (SSSR count). The predicted molar refractivity (Wildman–Crippen MR) is 70.3 cm³/mol. The number of halogens is 1. The third kappa shape index (κ3) is 4.15. The molecule has 0 spiro atoms. The molecule has 0 radical (unpaired) electrons. The summed E-state index contributed by atoms with van der Waals surface area (Å²) >= 11 is 5.38. The minimum absolute atomic E-state index is 0.343. The number of hydrogen-bond acceptors (Lipinski definition) is 3. The summed E-state index contributed by atoms with van der Waals surface area (Å²) in [4.78, 5) is 0. The molecule has 1 unspecified atom stereocenters. The van der Waals surface area contributed by atoms with Crippen LogP contribution in [0.2, 0.25) is 0 Å². The normalized spacial score (nSPS) is 12.7. The van der Waals surface area contributed by atoms with Crippen molar-refractivity contribution in [2.45, 2.75) is 5.25 Å². The summed E-state index contributed by atoms with van der Waals surface area (Å²) in [5, 5.41) is 0.343. The number of ether oxygens (including phenoxy) is 1. The number of nitrogens with two attached hydrogens (primary N) is 1. The maximum Gasteiger partial charge on any atom is 0.0553 e. The highest BCUT2D eigenvalue weighted by Crippen LogP contribution is 2.32. The average Bonchev–Trinajstić information content (AvgIpc) is 2.26. The van der Waals surface area contributed by atoms with Crippen LogP contribution < -0.4 is 5.73 Å². The van der Waals surface area contributed by atoms with E-state index >= 15 is 0 Å². The molecule has 0 aromatic heterocycles. The Morgan fingerprint density at radius 3 is 2.80 bits per heavy atom. The molecule has 84 valence electrons. The van der Waals surface area contributed by atoms with E-state index in [9.17, 15) is 0 Å². The maximum absolute atomic E-state index is 5.77. The first-order valence-electron chi connectivity index (χ1n) is 4.84. The van der Waals surface area contributed by atoms with Crippen molar-refractivity contribution in [3.05, 3.63) is 34.3 Å². The van der Waals surface area contributed by atoms with Crippen molar-refractivity contribution in [3.8, 4) is 0 Å². The van der Waals surface area contributed by atoms with E-state index in [1.807, 2.05) is 23.9 Å². The van der Waals surface area contributed by atoms with Gasteiger partial charge in [0.15, 0.2) is 0 Å². The Bertz CT molecular complexity index is 296. The molecule has 0 fully saturated rings. The van der Waals surface area contributed by atoms with Gasteiger partial charge in [-0.3, -0.25) is 0 Å². The molecule has 4 heteroatoms. The molecule has 0 heterocycles. The third-order valence-electron chi connectivity index (χ3n) is 2.07. The molecule has 0 aliphatic heterocycles. The summed E-state index contributed by atoms with van der Waals surface area (Å²) in [5.41, 5.74) is 7.04. The number of benzene rings is 1. The first-order valence-corrected chi connectivity index (χ1v) is 6.68. The van der Waals surface area contributed by atoms with Crippen molar-refractivity contribution >= 4 is 27.7 Å². The topological polar surface area (TPSA) is 35.2 Å². The second kappa shape index (κ2) is 7.28. The molecule has 15 heavy (non-hydrogen) atoms. The van der Waals surface area contributed by atoms with Crippen LogP contribution in [0.3, 0.4) is 0 Å². The van der Waals surface area contributed by atoms with Crippen LogP contribution in [0, 0.1) is 0 Å². The Balaban J connectivity index is 2.61. The van der Waals surface area contributed by atoms with E-state index in [1.54, 1.807) is 7.11 Å². The minimum atomic E-state index is 0.343. The molecule has 2 nitrogen and oxygen atoms in total. The molecule has 1 aromatic rings. The zero-order valence-corrected chi connectivity index (χ0v) is 11.2. The van der Waals surface area contributed by atoms with Gasteiger partial charge in [-0.05, 0) is 11.6 Å². The number of rotatable bonds is 6. The molecular formula is C11H16BrNOS. The predicted octanol–water partition coefficient (Wildman–Crippen LogP) is 2.83. The van der Waals surface area contributed by atoms with E-state index in [0.717, 1.165) is 16.8 Å². The summed E-state index contributed by atoms with van der Waals surface area (Å²) in [5.74, 6) is 0.972. The van der Waals surface area contributed by atoms with Gasteiger partial charge >= 0.3 is 0 Å². The molecule has 2 N–H and O–H groups in total. The molecule has 0 saturated heterocycles. The van der Waals surface area contributed by atoms with E-state index in [1.165, 1.54) is 5.56 Å². The van der Waals surface area contributed by atoms with Crippen molar-refractivity contribution in [2.24, 2.45) is 5.73 Å². The maximum atomic E-state index is 5.77. The largest absolute Gasteiger partial charge is 0.384 e. The Labute approximate surface area is 104 Å². The van der Waals surface area contributed by atoms with Crippen LogP contribution in [0.5, 0.6) is 0 Å². The van der Waals surface area contributed by atoms with Gasteiger partial charge in [0.05, 0.1) is 6.61 Å². The van der Waals surface area contributed by atoms with Crippen molar-refractivity contribution in [2.75, 3.05) is 26.0 Å². The number of thioether (sulfide) groups is 1. The molecule has 0 aliphatic carbocycles. The first kappa shape index (κ1) is 13.0. The fraction of sp³-hybridized carbons (Fsp3) is 0.455. The van der Waals surface area contributed by atoms with Gasteiger partial charge in [0.1, 0.15) is 0 Å². The highest BCUT2D eigenvalue weighted by Gasteiger charge is 2.12. The summed E-state index contributed by atoms with van der Waals surface area (Å²) in [6.45, 7) is 1.42. The average molecular weight is 290 g/mol. The van der Waals surface area contributed by atoms with E-state index < -0.39 is 0 Å². The molecule has 0 bridgehead atoms. The summed E-state index contributed by atoms with van der Waals surface area (Å²) in [7, 11) is 1.72. The minimum Gasteiger partial charge on any atom is -0.384 e. The molecule has 0 saturated carbocycles. The zero-order chi connectivity index (χ0) is 11.1. The lowest BCUT2D eigenvalue weighted by molar-refractivity contribution is 0.218. The fourth-order valence-corrected chi connectivity index (χ4v) is 3.08. The van der Waals surface area contributed by atoms with Crippen LogP contribution in [0.25, 0.3) is 0 Å². The molecule has 1 aromatic carbocycles. The van der Waals surface area contributed by atoms with Crippen LogP contribution in [0.1, 0.15) is 10.8 Å². The number of hydrogen-bond donors (Lipinski definition) is 1. The van der Waals surface area contributed by atoms with Crippen LogP contribution in [-0.2, 0) is 4.74 Å². The highest BCUT2D eigenvalue weighted by molar-refractivity contribution is 9.10. The van der Waals surface area contributed by atoms with Gasteiger partial charge < -0.3 is 10.5 Å². The van der Waals surface area contributed by atoms with Crippen LogP contribution in [0.4, 0.5) is 0 Å². The highest BCUT2D eigenvalue weighted by atomic mass is 79.9. The van der Waals surface area contributed by atoms with E-state index in [2.05, 4.69) is 28.1 Å². The molecule has 0 amide bonds. The smallest absolute Gasteiger partial charge is 0.0553 e. The van der Waals surface area contributed by atoms with E-state index in [0.29, 0.717) is 11.8 Å². The molecule has 0 aliphatic rings. The van der Waals surface area contributed by atoms with Crippen LogP contribution in [0.15, 0.2) is 28.7 Å². The van der Waals surface area contributed by atoms with Crippen molar-refractivity contribution in [1.29, 1.82) is 0 Å². The zero-order valence-electron chi connectivity index (χ0n) is 8.78. The van der Waals surface area contributed by atoms with Gasteiger partial charge in [-0.1, -0.05) is 34.1 Å². The van der Waals surface area contributed by atoms with Crippen LogP contribution >= 0.6 is 27.7 Å². The standard InChI is InChI=1S/C11H16BrNOS/c1-14-6-7-15-11(8-13)9-4-2-3-5-10(9)12/h2-5,11H,6-8,13H2,1H3. The Morgan fingerprint density at radius 1 is 1.47 bits per heavy atom. The lowest BCUT2D eigenvalue weighted by Gasteiger charge is -2.16. The first-order chi connectivity index (χ1) is 7.29. The van der Waals surface area contributed by atoms with Gasteiger partial charge in [0.25, 0.3) is 0 Å². The number of methoxy groups -OCH3 is 1. The molecular weight excluding hydrogens is 274 g/mol. The second-order valence-electron chi connectivity index (χ2n) is 3.11. The van der Waals surface area contributed by atoms with Crippen molar-refractivity contribution < 1.29 is 4.74 Å². The van der Waals surface area contributed by atoms with Gasteiger partial charge in [0, 0.05) is 29.1 Å². The van der Waals surface area contributed by atoms with Gasteiger partial charge in [-0.2, -0.15) is 11.8 Å². The Hall–Kier alpha value is -0.0300. The van der Waals surface area contributed by atoms with Gasteiger partial charge in [-0.25, -0.2) is 0 Å². The monoisotopic (exact) mass is 289 g/mol. The lowest BCUT2D eigenvalue weighted by Crippen LogP contribution is -2.11. The summed E-state index contributed by atoms with van der Waals surface area (Å²) in [6, 6.07) is 8.22. The quantitative estimate of drug-likeness (QED) is 0.818.